The second-order valence-corrected chi connectivity index (χ2v) is 5.13. The highest BCUT2D eigenvalue weighted by Crippen LogP contribution is 2.15. The highest BCUT2D eigenvalue weighted by atomic mass is 35.5. The average Bonchev–Trinajstić information content (AvgIpc) is 2.31. The maximum atomic E-state index is 11.7. The van der Waals surface area contributed by atoms with Crippen molar-refractivity contribution in [3.8, 4) is 0 Å². The van der Waals surface area contributed by atoms with Crippen molar-refractivity contribution in [2.75, 3.05) is 33.2 Å². The molecule has 0 bridgehead atoms. The van der Waals surface area contributed by atoms with Crippen LogP contribution >= 0.6 is 24.8 Å². The molecule has 116 valence electrons. The lowest BCUT2D eigenvalue weighted by molar-refractivity contribution is -0.124. The molecule has 0 aliphatic carbocycles. The lowest BCUT2D eigenvalue weighted by atomic mass is 10.0. The molecule has 1 rings (SSSR count). The van der Waals surface area contributed by atoms with Crippen LogP contribution in [0.15, 0.2) is 0 Å². The van der Waals surface area contributed by atoms with Crippen LogP contribution in [-0.4, -0.2) is 50.1 Å². The minimum Gasteiger partial charge on any atom is -0.355 e. The third-order valence-electron chi connectivity index (χ3n) is 3.60. The monoisotopic (exact) mass is 313 g/mol. The van der Waals surface area contributed by atoms with Crippen LogP contribution < -0.4 is 10.6 Å². The third-order valence-corrected chi connectivity index (χ3v) is 3.60. The van der Waals surface area contributed by atoms with E-state index in [1.807, 2.05) is 14.0 Å². The van der Waals surface area contributed by atoms with Gasteiger partial charge in [0.2, 0.25) is 5.91 Å². The highest BCUT2D eigenvalue weighted by molar-refractivity contribution is 5.85. The molecule has 0 radical (unpaired) electrons. The Balaban J connectivity index is 0. The van der Waals surface area contributed by atoms with Crippen molar-refractivity contribution in [2.45, 2.75) is 39.2 Å². The standard InChI is InChI=1S/C13H27N3O.2ClH/c1-11(10-14-3)13(17)15-7-9-16-8-5-4-6-12(16)2;;/h11-12,14H,4-10H2,1-3H3,(H,15,17);2*1H. The number of hydrogen-bond acceptors (Lipinski definition) is 3. The van der Waals surface area contributed by atoms with Gasteiger partial charge in [0.05, 0.1) is 0 Å². The van der Waals surface area contributed by atoms with Crippen LogP contribution in [0.25, 0.3) is 0 Å². The summed E-state index contributed by atoms with van der Waals surface area (Å²) in [4.78, 5) is 14.2. The Morgan fingerprint density at radius 1 is 1.37 bits per heavy atom. The van der Waals surface area contributed by atoms with Crippen LogP contribution in [0.1, 0.15) is 33.1 Å². The molecule has 2 N–H and O–H groups in total. The second kappa shape index (κ2) is 11.8. The summed E-state index contributed by atoms with van der Waals surface area (Å²) in [5, 5.41) is 6.04. The van der Waals surface area contributed by atoms with Gasteiger partial charge in [-0.1, -0.05) is 13.3 Å². The molecule has 1 fully saturated rings. The van der Waals surface area contributed by atoms with Gasteiger partial charge in [0.25, 0.3) is 0 Å². The number of piperidine rings is 1. The van der Waals surface area contributed by atoms with E-state index in [4.69, 9.17) is 0 Å². The molecule has 0 aromatic rings. The molecular weight excluding hydrogens is 285 g/mol. The maximum absolute atomic E-state index is 11.7. The molecule has 4 nitrogen and oxygen atoms in total. The molecule has 1 aliphatic rings. The molecule has 1 heterocycles. The number of carbonyl (C=O) groups excluding carboxylic acids is 1. The van der Waals surface area contributed by atoms with Gasteiger partial charge in [0, 0.05) is 31.6 Å². The minimum absolute atomic E-state index is 0. The molecule has 1 saturated heterocycles. The van der Waals surface area contributed by atoms with Gasteiger partial charge >= 0.3 is 0 Å². The van der Waals surface area contributed by atoms with E-state index in [2.05, 4.69) is 22.5 Å². The number of nitrogens with one attached hydrogen (secondary N) is 2. The van der Waals surface area contributed by atoms with Crippen molar-refractivity contribution >= 4 is 30.7 Å². The van der Waals surface area contributed by atoms with Crippen LogP contribution in [0, 0.1) is 5.92 Å². The van der Waals surface area contributed by atoms with Gasteiger partial charge in [-0.2, -0.15) is 0 Å². The average molecular weight is 314 g/mol. The van der Waals surface area contributed by atoms with Crippen LogP contribution in [0.5, 0.6) is 0 Å². The first-order valence-corrected chi connectivity index (χ1v) is 6.81. The van der Waals surface area contributed by atoms with Crippen molar-refractivity contribution in [3.63, 3.8) is 0 Å². The molecule has 0 spiro atoms. The number of amides is 1. The summed E-state index contributed by atoms with van der Waals surface area (Å²) in [6.07, 6.45) is 3.95. The Bertz CT molecular complexity index is 242. The summed E-state index contributed by atoms with van der Waals surface area (Å²) in [5.41, 5.74) is 0. The number of halogens is 2. The van der Waals surface area contributed by atoms with E-state index in [-0.39, 0.29) is 36.6 Å². The van der Waals surface area contributed by atoms with E-state index in [1.54, 1.807) is 0 Å². The lowest BCUT2D eigenvalue weighted by Gasteiger charge is -2.33. The van der Waals surface area contributed by atoms with Crippen molar-refractivity contribution in [1.82, 2.24) is 15.5 Å². The summed E-state index contributed by atoms with van der Waals surface area (Å²) < 4.78 is 0. The van der Waals surface area contributed by atoms with E-state index in [0.29, 0.717) is 6.04 Å². The summed E-state index contributed by atoms with van der Waals surface area (Å²) >= 11 is 0. The molecule has 0 aromatic heterocycles. The van der Waals surface area contributed by atoms with Gasteiger partial charge in [-0.25, -0.2) is 0 Å². The van der Waals surface area contributed by atoms with E-state index >= 15 is 0 Å². The summed E-state index contributed by atoms with van der Waals surface area (Å²) in [6, 6.07) is 0.676. The normalized spacial score (nSPS) is 20.9. The van der Waals surface area contributed by atoms with Crippen LogP contribution in [0.4, 0.5) is 0 Å². The van der Waals surface area contributed by atoms with Gasteiger partial charge < -0.3 is 10.6 Å². The summed E-state index contributed by atoms with van der Waals surface area (Å²) in [5.74, 6) is 0.211. The number of carbonyl (C=O) groups is 1. The Labute approximate surface area is 129 Å². The zero-order valence-corrected chi connectivity index (χ0v) is 13.9. The van der Waals surface area contributed by atoms with E-state index in [1.165, 1.54) is 25.8 Å². The molecule has 1 aliphatic heterocycles. The van der Waals surface area contributed by atoms with Crippen LogP contribution in [0.3, 0.4) is 0 Å². The number of likely N-dealkylation sites (tertiary alicyclic amines) is 1. The Hall–Kier alpha value is -0.0300. The van der Waals surface area contributed by atoms with Crippen LogP contribution in [-0.2, 0) is 4.79 Å². The predicted octanol–water partition coefficient (Wildman–Crippen LogP) is 1.68. The van der Waals surface area contributed by atoms with Crippen molar-refractivity contribution in [3.05, 3.63) is 0 Å². The first-order valence-electron chi connectivity index (χ1n) is 6.81. The summed E-state index contributed by atoms with van der Waals surface area (Å²) in [6.45, 7) is 7.92. The molecule has 0 saturated carbocycles. The van der Waals surface area contributed by atoms with Crippen molar-refractivity contribution < 1.29 is 4.79 Å². The van der Waals surface area contributed by atoms with Gasteiger partial charge in [0.15, 0.2) is 0 Å². The topological polar surface area (TPSA) is 44.4 Å². The van der Waals surface area contributed by atoms with Gasteiger partial charge in [-0.15, -0.1) is 24.8 Å². The van der Waals surface area contributed by atoms with Gasteiger partial charge in [0.1, 0.15) is 0 Å². The zero-order chi connectivity index (χ0) is 12.7. The Morgan fingerprint density at radius 2 is 2.05 bits per heavy atom. The molecule has 2 atom stereocenters. The Kier molecular flexibility index (Phi) is 13.2. The van der Waals surface area contributed by atoms with Crippen LogP contribution in [0.2, 0.25) is 0 Å². The fourth-order valence-electron chi connectivity index (χ4n) is 2.39. The highest BCUT2D eigenvalue weighted by Gasteiger charge is 2.18. The predicted molar refractivity (Wildman–Crippen MR) is 85.5 cm³/mol. The van der Waals surface area contributed by atoms with E-state index in [9.17, 15) is 4.79 Å². The lowest BCUT2D eigenvalue weighted by Crippen LogP contribution is -2.43. The third kappa shape index (κ3) is 7.98. The number of rotatable bonds is 6. The van der Waals surface area contributed by atoms with E-state index < -0.39 is 0 Å². The Morgan fingerprint density at radius 3 is 2.63 bits per heavy atom. The van der Waals surface area contributed by atoms with E-state index in [0.717, 1.165) is 19.6 Å². The molecule has 1 amide bonds. The molecular formula is C13H29Cl2N3O. The number of hydrogen-bond donors (Lipinski definition) is 2. The summed E-state index contributed by atoms with van der Waals surface area (Å²) in [7, 11) is 1.87. The smallest absolute Gasteiger partial charge is 0.224 e. The second-order valence-electron chi connectivity index (χ2n) is 5.13. The number of nitrogens with zero attached hydrogens (tertiary/aromatic N) is 1. The SMILES string of the molecule is CNCC(C)C(=O)NCCN1CCCCC1C.Cl.Cl. The first kappa shape index (κ1) is 21.3. The zero-order valence-electron chi connectivity index (χ0n) is 12.3. The quantitative estimate of drug-likeness (QED) is 0.784. The van der Waals surface area contributed by atoms with Gasteiger partial charge in [-0.05, 0) is 33.4 Å². The fourth-order valence-corrected chi connectivity index (χ4v) is 2.39. The molecule has 6 heteroatoms. The largest absolute Gasteiger partial charge is 0.355 e. The maximum Gasteiger partial charge on any atom is 0.224 e. The van der Waals surface area contributed by atoms with Gasteiger partial charge in [-0.3, -0.25) is 9.69 Å². The molecule has 2 unspecified atom stereocenters. The molecule has 19 heavy (non-hydrogen) atoms. The van der Waals surface area contributed by atoms with Crippen molar-refractivity contribution in [1.29, 1.82) is 0 Å². The first-order chi connectivity index (χ1) is 8.15. The molecule has 0 aromatic carbocycles. The fraction of sp³-hybridized carbons (Fsp3) is 0.923. The minimum atomic E-state index is 0. The van der Waals surface area contributed by atoms with Crippen molar-refractivity contribution in [2.24, 2.45) is 5.92 Å².